The molecule has 1 fully saturated rings. The molecule has 0 saturated heterocycles. The molecule has 0 aromatic rings. The van der Waals surface area contributed by atoms with Gasteiger partial charge in [0.1, 0.15) is 0 Å². The molecule has 1 saturated carbocycles. The van der Waals surface area contributed by atoms with Crippen molar-refractivity contribution < 1.29 is 14.3 Å². The Kier molecular flexibility index (Phi) is 5.21. The molecular weight excluding hydrogens is 309 g/mol. The fraction of sp³-hybridized carbons (Fsp3) is 0.700. The number of ether oxygens (including phenoxy) is 1. The largest absolute Gasteiger partial charge is 0.466 e. The van der Waals surface area contributed by atoms with Crippen LogP contribution in [0.15, 0.2) is 3.21 Å². The molecule has 0 radical (unpaired) electrons. The number of ketones is 1. The summed E-state index contributed by atoms with van der Waals surface area (Å²) < 4.78 is 8.50. The van der Waals surface area contributed by atoms with Gasteiger partial charge >= 0.3 is 5.97 Å². The number of carbonyl (C=O) groups is 2. The molecule has 0 bridgehead atoms. The van der Waals surface area contributed by atoms with Gasteiger partial charge < -0.3 is 4.74 Å². The third kappa shape index (κ3) is 3.89. The molecule has 1 rings (SSSR count). The van der Waals surface area contributed by atoms with E-state index in [-0.39, 0.29) is 17.7 Å². The van der Waals surface area contributed by atoms with Gasteiger partial charge in [0, 0.05) is 12.3 Å². The number of halogens is 1. The molecule has 0 atom stereocenters. The Hall–Kier alpha value is -0.460. The molecule has 4 nitrogen and oxygen atoms in total. The lowest BCUT2D eigenvalue weighted by Gasteiger charge is -2.32. The van der Waals surface area contributed by atoms with Crippen molar-refractivity contribution in [3.8, 4) is 0 Å². The minimum atomic E-state index is -0.157. The van der Waals surface area contributed by atoms with E-state index in [0.717, 1.165) is 12.8 Å². The fourth-order valence-electron chi connectivity index (χ4n) is 1.74. The minimum Gasteiger partial charge on any atom is -0.466 e. The summed E-state index contributed by atoms with van der Waals surface area (Å²) in [7, 11) is 0. The summed E-state index contributed by atoms with van der Waals surface area (Å²) in [6, 6.07) is 0. The Morgan fingerprint density at radius 3 is 2.73 bits per heavy atom. The summed E-state index contributed by atoms with van der Waals surface area (Å²) in [5.41, 5.74) is 0. The van der Waals surface area contributed by atoms with E-state index in [4.69, 9.17) is 4.74 Å². The molecule has 0 N–H and O–H groups in total. The van der Waals surface area contributed by atoms with Crippen molar-refractivity contribution in [1.82, 2.24) is 0 Å². The summed E-state index contributed by atoms with van der Waals surface area (Å²) in [6.07, 6.45) is 3.38. The Morgan fingerprint density at radius 2 is 2.20 bits per heavy atom. The number of carbonyl (C=O) groups excluding carboxylic acids is 2. The second kappa shape index (κ2) is 6.19. The maximum absolute atomic E-state index is 11.3. The van der Waals surface area contributed by atoms with Crippen molar-refractivity contribution in [2.75, 3.05) is 6.61 Å². The first-order valence-corrected chi connectivity index (χ1v) is 5.97. The van der Waals surface area contributed by atoms with Gasteiger partial charge in [0.25, 0.3) is 0 Å². The third-order valence-electron chi connectivity index (χ3n) is 2.57. The third-order valence-corrected chi connectivity index (χ3v) is 2.85. The number of nitrogens with zero attached hydrogens (tertiary/aromatic N) is 1. The lowest BCUT2D eigenvalue weighted by atomic mass is 9.71. The Labute approximate surface area is 103 Å². The van der Waals surface area contributed by atoms with E-state index in [9.17, 15) is 9.59 Å². The van der Waals surface area contributed by atoms with Crippen molar-refractivity contribution >= 4 is 40.8 Å². The fourth-order valence-corrected chi connectivity index (χ4v) is 2.02. The highest BCUT2D eigenvalue weighted by Gasteiger charge is 2.34. The number of hydrogen-bond donors (Lipinski definition) is 0. The molecule has 84 valence electrons. The molecule has 1 aliphatic rings. The van der Waals surface area contributed by atoms with Crippen molar-refractivity contribution in [1.29, 1.82) is 0 Å². The van der Waals surface area contributed by atoms with Crippen LogP contribution in [-0.2, 0) is 14.3 Å². The van der Waals surface area contributed by atoms with Crippen LogP contribution in [0.1, 0.15) is 26.2 Å². The van der Waals surface area contributed by atoms with E-state index in [1.54, 1.807) is 29.8 Å². The highest BCUT2D eigenvalue weighted by molar-refractivity contribution is 14.1. The summed E-state index contributed by atoms with van der Waals surface area (Å²) >= 11 is 1.79. The first-order valence-electron chi connectivity index (χ1n) is 5.01. The van der Waals surface area contributed by atoms with Gasteiger partial charge in [-0.1, -0.05) is 0 Å². The second-order valence-electron chi connectivity index (χ2n) is 3.67. The molecule has 0 unspecified atom stereocenters. The van der Waals surface area contributed by atoms with E-state index in [2.05, 4.69) is 3.21 Å². The first-order chi connectivity index (χ1) is 7.17. The van der Waals surface area contributed by atoms with Gasteiger partial charge in [-0.3, -0.25) is 9.59 Å². The summed E-state index contributed by atoms with van der Waals surface area (Å²) in [4.78, 5) is 22.4. The van der Waals surface area contributed by atoms with Crippen LogP contribution in [-0.4, -0.2) is 24.6 Å². The van der Waals surface area contributed by atoms with Crippen LogP contribution in [0.25, 0.3) is 0 Å². The van der Waals surface area contributed by atoms with Crippen molar-refractivity contribution in [2.45, 2.75) is 26.2 Å². The van der Waals surface area contributed by atoms with Gasteiger partial charge in [-0.2, -0.15) is 0 Å². The maximum atomic E-state index is 11.3. The quantitative estimate of drug-likeness (QED) is 0.441. The average molecular weight is 323 g/mol. The monoisotopic (exact) mass is 323 g/mol. The second-order valence-corrected chi connectivity index (χ2v) is 4.23. The zero-order valence-electron chi connectivity index (χ0n) is 8.61. The molecule has 0 aliphatic heterocycles. The number of rotatable bonds is 5. The Morgan fingerprint density at radius 1 is 1.53 bits per heavy atom. The summed E-state index contributed by atoms with van der Waals surface area (Å²) in [5, 5.41) is 0. The molecule has 0 aromatic carbocycles. The average Bonchev–Trinajstić information content (AvgIpc) is 2.11. The van der Waals surface area contributed by atoms with Gasteiger partial charge in [-0.15, -0.1) is 0 Å². The van der Waals surface area contributed by atoms with E-state index >= 15 is 0 Å². The van der Waals surface area contributed by atoms with E-state index in [1.807, 2.05) is 0 Å². The standard InChI is InChI=1S/C10H14INO3/c1-2-15-10(14)5-7-3-8(4-7)9(13)6-12-11/h6-8H,2-5H2,1H3/b12-6+. The van der Waals surface area contributed by atoms with Gasteiger partial charge in [0.15, 0.2) is 5.78 Å². The minimum absolute atomic E-state index is 0.0722. The summed E-state index contributed by atoms with van der Waals surface area (Å²) in [5.74, 6) is 0.309. The van der Waals surface area contributed by atoms with E-state index in [0.29, 0.717) is 18.9 Å². The van der Waals surface area contributed by atoms with Crippen LogP contribution in [0.5, 0.6) is 0 Å². The molecule has 0 heterocycles. The zero-order chi connectivity index (χ0) is 11.3. The highest BCUT2D eigenvalue weighted by Crippen LogP contribution is 2.36. The molecular formula is C10H14INO3. The van der Waals surface area contributed by atoms with Crippen LogP contribution >= 0.6 is 22.9 Å². The zero-order valence-corrected chi connectivity index (χ0v) is 10.8. The topological polar surface area (TPSA) is 55.7 Å². The highest BCUT2D eigenvalue weighted by atomic mass is 127. The first kappa shape index (κ1) is 12.6. The normalized spacial score (nSPS) is 24.9. The molecule has 0 aromatic heterocycles. The lowest BCUT2D eigenvalue weighted by molar-refractivity contribution is -0.146. The van der Waals surface area contributed by atoms with Crippen molar-refractivity contribution in [2.24, 2.45) is 15.0 Å². The molecule has 1 aliphatic carbocycles. The van der Waals surface area contributed by atoms with Gasteiger partial charge in [0.05, 0.1) is 35.7 Å². The molecule has 0 amide bonds. The van der Waals surface area contributed by atoms with Gasteiger partial charge in [-0.05, 0) is 25.7 Å². The molecule has 0 spiro atoms. The van der Waals surface area contributed by atoms with Crippen LogP contribution in [0.3, 0.4) is 0 Å². The number of hydrogen-bond acceptors (Lipinski definition) is 4. The lowest BCUT2D eigenvalue weighted by Crippen LogP contribution is -2.32. The van der Waals surface area contributed by atoms with Gasteiger partial charge in [0.2, 0.25) is 0 Å². The Bertz CT molecular complexity index is 272. The number of Topliss-reactive ketones (excluding diaryl/α,β-unsaturated/α-hetero) is 1. The van der Waals surface area contributed by atoms with Crippen molar-refractivity contribution in [3.63, 3.8) is 0 Å². The van der Waals surface area contributed by atoms with Gasteiger partial charge in [-0.25, -0.2) is 3.21 Å². The van der Waals surface area contributed by atoms with E-state index < -0.39 is 0 Å². The van der Waals surface area contributed by atoms with Crippen LogP contribution in [0.2, 0.25) is 0 Å². The Balaban J connectivity index is 2.20. The predicted molar refractivity (Wildman–Crippen MR) is 65.0 cm³/mol. The van der Waals surface area contributed by atoms with Crippen molar-refractivity contribution in [3.05, 3.63) is 0 Å². The van der Waals surface area contributed by atoms with Crippen LogP contribution in [0.4, 0.5) is 0 Å². The van der Waals surface area contributed by atoms with Crippen LogP contribution in [0, 0.1) is 11.8 Å². The smallest absolute Gasteiger partial charge is 0.306 e. The number of esters is 1. The SMILES string of the molecule is CCOC(=O)CC1CC(C(=O)/C=N/I)C1. The summed E-state index contributed by atoms with van der Waals surface area (Å²) in [6.45, 7) is 2.22. The molecule has 15 heavy (non-hydrogen) atoms. The predicted octanol–water partition coefficient (Wildman–Crippen LogP) is 1.96. The van der Waals surface area contributed by atoms with E-state index in [1.165, 1.54) is 6.21 Å². The molecule has 5 heteroatoms. The van der Waals surface area contributed by atoms with Crippen LogP contribution < -0.4 is 0 Å². The maximum Gasteiger partial charge on any atom is 0.306 e.